The predicted molar refractivity (Wildman–Crippen MR) is 121 cm³/mol. The fourth-order valence-electron chi connectivity index (χ4n) is 4.19. The van der Waals surface area contributed by atoms with Gasteiger partial charge in [-0.2, -0.15) is 36.7 Å². The highest BCUT2D eigenvalue weighted by molar-refractivity contribution is 6.00. The van der Waals surface area contributed by atoms with E-state index < -0.39 is 53.7 Å². The summed E-state index contributed by atoms with van der Waals surface area (Å²) in [6, 6.07) is 8.06. The molecule has 0 saturated carbocycles. The summed E-state index contributed by atoms with van der Waals surface area (Å²) in [6.07, 6.45) is -12.2. The second kappa shape index (κ2) is 10.1. The molecular formula is C25H19F7N4O3. The number of rotatable bonds is 5. The molecule has 1 amide bonds. The summed E-state index contributed by atoms with van der Waals surface area (Å²) in [5, 5.41) is 13.5. The van der Waals surface area contributed by atoms with E-state index in [1.54, 1.807) is 6.07 Å². The lowest BCUT2D eigenvalue weighted by Crippen LogP contribution is -2.37. The van der Waals surface area contributed by atoms with Crippen molar-refractivity contribution in [2.24, 2.45) is 0 Å². The minimum atomic E-state index is -4.92. The van der Waals surface area contributed by atoms with E-state index in [9.17, 15) is 40.8 Å². The van der Waals surface area contributed by atoms with Gasteiger partial charge < -0.3 is 14.4 Å². The zero-order valence-corrected chi connectivity index (χ0v) is 20.3. The van der Waals surface area contributed by atoms with Gasteiger partial charge >= 0.3 is 12.4 Å². The SMILES string of the molecule is COc1c(C#N)ccc(OC(C)C(F)(F)F)c1C(=O)N1CCc2nn(-c3ccc(F)cc3)c(C(F)(F)F)c2C1. The number of carbonyl (C=O) groups is 1. The van der Waals surface area contributed by atoms with Gasteiger partial charge in [-0.15, -0.1) is 0 Å². The number of carbonyl (C=O) groups excluding carboxylic acids is 1. The molecule has 0 N–H and O–H groups in total. The van der Waals surface area contributed by atoms with Gasteiger partial charge in [-0.05, 0) is 43.3 Å². The lowest BCUT2D eigenvalue weighted by molar-refractivity contribution is -0.189. The van der Waals surface area contributed by atoms with Gasteiger partial charge in [-0.3, -0.25) is 4.79 Å². The van der Waals surface area contributed by atoms with Crippen LogP contribution in [0.5, 0.6) is 11.5 Å². The van der Waals surface area contributed by atoms with Crippen molar-refractivity contribution in [1.82, 2.24) is 14.7 Å². The third-order valence-electron chi connectivity index (χ3n) is 6.08. The van der Waals surface area contributed by atoms with Crippen molar-refractivity contribution < 1.29 is 45.0 Å². The number of alkyl halides is 6. The Labute approximate surface area is 216 Å². The summed E-state index contributed by atoms with van der Waals surface area (Å²) >= 11 is 0. The van der Waals surface area contributed by atoms with Crippen LogP contribution in [0.15, 0.2) is 36.4 Å². The summed E-state index contributed by atoms with van der Waals surface area (Å²) in [5.41, 5.74) is -2.23. The van der Waals surface area contributed by atoms with E-state index in [1.807, 2.05) is 0 Å². The fourth-order valence-corrected chi connectivity index (χ4v) is 4.19. The van der Waals surface area contributed by atoms with Crippen LogP contribution in [0.3, 0.4) is 0 Å². The standard InChI is InChI=1S/C25H19F7N4O3/c1-13(24(27,28)29)39-19-8-3-14(11-33)21(38-2)20(19)23(37)35-10-9-18-17(12-35)22(25(30,31)32)36(34-18)16-6-4-15(26)5-7-16/h3-8,13H,9-10,12H2,1-2H3. The summed E-state index contributed by atoms with van der Waals surface area (Å²) in [6.45, 7) is -0.0261. The van der Waals surface area contributed by atoms with E-state index in [4.69, 9.17) is 9.47 Å². The number of amides is 1. The number of nitrogens with zero attached hydrogens (tertiary/aromatic N) is 4. The first-order chi connectivity index (χ1) is 18.3. The average Bonchev–Trinajstić information content (AvgIpc) is 3.27. The first-order valence-corrected chi connectivity index (χ1v) is 11.3. The Balaban J connectivity index is 1.78. The molecule has 1 aliphatic rings. The number of halogens is 7. The molecule has 1 aliphatic heterocycles. The molecule has 1 aromatic heterocycles. The molecule has 0 aliphatic carbocycles. The van der Waals surface area contributed by atoms with Crippen LogP contribution >= 0.6 is 0 Å². The lowest BCUT2D eigenvalue weighted by atomic mass is 10.0. The lowest BCUT2D eigenvalue weighted by Gasteiger charge is -2.29. The number of aromatic nitrogens is 2. The quantitative estimate of drug-likeness (QED) is 0.391. The molecule has 3 aromatic rings. The predicted octanol–water partition coefficient (Wildman–Crippen LogP) is 5.44. The number of methoxy groups -OCH3 is 1. The van der Waals surface area contributed by atoms with Gasteiger partial charge in [0.25, 0.3) is 5.91 Å². The van der Waals surface area contributed by atoms with Gasteiger partial charge in [0, 0.05) is 25.1 Å². The Hall–Kier alpha value is -4.28. The largest absolute Gasteiger partial charge is 0.494 e. The van der Waals surface area contributed by atoms with Gasteiger partial charge in [0.1, 0.15) is 23.2 Å². The number of benzene rings is 2. The molecule has 1 atom stereocenters. The monoisotopic (exact) mass is 556 g/mol. The van der Waals surface area contributed by atoms with Crippen molar-refractivity contribution >= 4 is 5.91 Å². The molecular weight excluding hydrogens is 537 g/mol. The van der Waals surface area contributed by atoms with E-state index >= 15 is 0 Å². The van der Waals surface area contributed by atoms with E-state index in [1.165, 1.54) is 0 Å². The Kier molecular flexibility index (Phi) is 7.20. The van der Waals surface area contributed by atoms with Gasteiger partial charge in [0.2, 0.25) is 0 Å². The van der Waals surface area contributed by atoms with Crippen LogP contribution in [0.25, 0.3) is 5.69 Å². The Bertz CT molecular complexity index is 1440. The molecule has 0 radical (unpaired) electrons. The summed E-state index contributed by atoms with van der Waals surface area (Å²) in [5.74, 6) is -2.59. The van der Waals surface area contributed by atoms with Crippen LogP contribution in [-0.2, 0) is 19.1 Å². The second-order valence-electron chi connectivity index (χ2n) is 8.57. The van der Waals surface area contributed by atoms with E-state index in [0.29, 0.717) is 11.6 Å². The van der Waals surface area contributed by atoms with Crippen molar-refractivity contribution in [1.29, 1.82) is 5.26 Å². The van der Waals surface area contributed by atoms with E-state index in [0.717, 1.165) is 48.4 Å². The number of hydrogen-bond acceptors (Lipinski definition) is 5. The highest BCUT2D eigenvalue weighted by Gasteiger charge is 2.43. The highest BCUT2D eigenvalue weighted by Crippen LogP contribution is 2.40. The van der Waals surface area contributed by atoms with E-state index in [2.05, 4.69) is 5.10 Å². The Morgan fingerprint density at radius 1 is 1.10 bits per heavy atom. The van der Waals surface area contributed by atoms with Crippen LogP contribution in [0.2, 0.25) is 0 Å². The van der Waals surface area contributed by atoms with Crippen molar-refractivity contribution in [3.05, 3.63) is 70.3 Å². The topological polar surface area (TPSA) is 80.4 Å². The molecule has 2 aromatic carbocycles. The van der Waals surface area contributed by atoms with Crippen molar-refractivity contribution in [2.75, 3.05) is 13.7 Å². The summed E-state index contributed by atoms with van der Waals surface area (Å²) in [4.78, 5) is 14.6. The van der Waals surface area contributed by atoms with Crippen LogP contribution in [0, 0.1) is 17.1 Å². The number of ether oxygens (including phenoxy) is 2. The van der Waals surface area contributed by atoms with Crippen molar-refractivity contribution in [2.45, 2.75) is 38.3 Å². The summed E-state index contributed by atoms with van der Waals surface area (Å²) < 4.78 is 106. The van der Waals surface area contributed by atoms with Crippen LogP contribution in [-0.4, -0.2) is 46.5 Å². The molecule has 0 bridgehead atoms. The first-order valence-electron chi connectivity index (χ1n) is 11.3. The normalized spacial score (nSPS) is 14.4. The maximum absolute atomic E-state index is 14.2. The zero-order valence-electron chi connectivity index (χ0n) is 20.3. The number of fused-ring (bicyclic) bond motifs is 1. The number of nitriles is 1. The van der Waals surface area contributed by atoms with Gasteiger partial charge in [0.15, 0.2) is 17.5 Å². The maximum Gasteiger partial charge on any atom is 0.433 e. The molecule has 14 heteroatoms. The fraction of sp³-hybridized carbons (Fsp3) is 0.320. The highest BCUT2D eigenvalue weighted by atomic mass is 19.4. The molecule has 2 heterocycles. The second-order valence-corrected chi connectivity index (χ2v) is 8.57. The molecule has 1 unspecified atom stereocenters. The minimum Gasteiger partial charge on any atom is -0.494 e. The van der Waals surface area contributed by atoms with E-state index in [-0.39, 0.29) is 41.2 Å². The van der Waals surface area contributed by atoms with Gasteiger partial charge in [0.05, 0.1) is 24.1 Å². The van der Waals surface area contributed by atoms with Gasteiger partial charge in [-0.1, -0.05) is 0 Å². The minimum absolute atomic E-state index is 0.0515. The Morgan fingerprint density at radius 2 is 1.77 bits per heavy atom. The molecule has 0 fully saturated rings. The molecule has 0 saturated heterocycles. The molecule has 7 nitrogen and oxygen atoms in total. The summed E-state index contributed by atoms with van der Waals surface area (Å²) in [7, 11) is 1.09. The van der Waals surface area contributed by atoms with Crippen molar-refractivity contribution in [3.63, 3.8) is 0 Å². The average molecular weight is 556 g/mol. The number of hydrogen-bond donors (Lipinski definition) is 0. The van der Waals surface area contributed by atoms with Crippen molar-refractivity contribution in [3.8, 4) is 23.3 Å². The maximum atomic E-state index is 14.2. The molecule has 4 rings (SSSR count). The smallest absolute Gasteiger partial charge is 0.433 e. The Morgan fingerprint density at radius 3 is 2.33 bits per heavy atom. The van der Waals surface area contributed by atoms with Crippen LogP contribution in [0.1, 0.15) is 39.8 Å². The van der Waals surface area contributed by atoms with Crippen LogP contribution in [0.4, 0.5) is 30.7 Å². The molecule has 39 heavy (non-hydrogen) atoms. The third kappa shape index (κ3) is 5.34. The van der Waals surface area contributed by atoms with Gasteiger partial charge in [-0.25, -0.2) is 9.07 Å². The third-order valence-corrected chi connectivity index (χ3v) is 6.08. The molecule has 0 spiro atoms. The zero-order chi connectivity index (χ0) is 28.7. The van der Waals surface area contributed by atoms with Crippen LogP contribution < -0.4 is 9.47 Å². The molecule has 206 valence electrons. The first kappa shape index (κ1) is 27.7.